The predicted molar refractivity (Wildman–Crippen MR) is 94.3 cm³/mol. The van der Waals surface area contributed by atoms with E-state index in [0.717, 1.165) is 12.1 Å². The molecule has 2 aromatic carbocycles. The fourth-order valence-electron chi connectivity index (χ4n) is 2.15. The van der Waals surface area contributed by atoms with Gasteiger partial charge in [-0.1, -0.05) is 30.3 Å². The number of nitrogens with zero attached hydrogens (tertiary/aromatic N) is 1. The maximum atomic E-state index is 14.1. The minimum Gasteiger partial charge on any atom is -0.362 e. The van der Waals surface area contributed by atoms with Gasteiger partial charge < -0.3 is 5.32 Å². The van der Waals surface area contributed by atoms with Crippen LogP contribution in [0.4, 0.5) is 36.4 Å². The number of thioether (sulfide) groups is 1. The lowest BCUT2D eigenvalue weighted by molar-refractivity contribution is -0.105. The molecule has 0 aliphatic rings. The highest BCUT2D eigenvalue weighted by molar-refractivity contribution is 7.99. The number of alkyl halides is 6. The Morgan fingerprint density at radius 2 is 1.68 bits per heavy atom. The third-order valence-corrected chi connectivity index (χ3v) is 4.66. The highest BCUT2D eigenvalue weighted by Crippen LogP contribution is 2.34. The lowest BCUT2D eigenvalue weighted by Crippen LogP contribution is -2.36. The van der Waals surface area contributed by atoms with Crippen molar-refractivity contribution in [1.82, 2.24) is 5.32 Å². The van der Waals surface area contributed by atoms with Crippen molar-refractivity contribution in [3.8, 4) is 0 Å². The van der Waals surface area contributed by atoms with Gasteiger partial charge in [-0.05, 0) is 30.2 Å². The highest BCUT2D eigenvalue weighted by atomic mass is 32.2. The van der Waals surface area contributed by atoms with Gasteiger partial charge >= 0.3 is 12.4 Å². The molecule has 0 heterocycles. The first kappa shape index (κ1) is 22.1. The van der Waals surface area contributed by atoms with Crippen molar-refractivity contribution in [2.24, 2.45) is 4.99 Å². The van der Waals surface area contributed by atoms with E-state index in [1.165, 1.54) is 6.92 Å². The zero-order valence-corrected chi connectivity index (χ0v) is 15.3. The number of hydrogen-bond donors (Lipinski definition) is 1. The first-order valence-electron chi connectivity index (χ1n) is 7.89. The minimum absolute atomic E-state index is 0.00191. The zero-order chi connectivity index (χ0) is 20.9. The Morgan fingerprint density at radius 1 is 1.04 bits per heavy atom. The summed E-state index contributed by atoms with van der Waals surface area (Å²) in [5, 5.41) is 2.11. The van der Waals surface area contributed by atoms with E-state index in [1.54, 1.807) is 30.3 Å². The quantitative estimate of drug-likeness (QED) is 0.269. The summed E-state index contributed by atoms with van der Waals surface area (Å²) in [6.07, 6.45) is -9.37. The molecule has 0 unspecified atom stereocenters. The van der Waals surface area contributed by atoms with Crippen LogP contribution < -0.4 is 5.32 Å². The fourth-order valence-corrected chi connectivity index (χ4v) is 2.95. The topological polar surface area (TPSA) is 24.4 Å². The summed E-state index contributed by atoms with van der Waals surface area (Å²) in [5.41, 5.74) is 0.0323. The molecule has 0 atom stereocenters. The second-order valence-corrected chi connectivity index (χ2v) is 6.79. The third-order valence-electron chi connectivity index (χ3n) is 3.44. The summed E-state index contributed by atoms with van der Waals surface area (Å²) >= 11 is 0.359. The summed E-state index contributed by atoms with van der Waals surface area (Å²) in [4.78, 5) is 3.30. The molecule has 0 saturated carbocycles. The van der Waals surface area contributed by atoms with Gasteiger partial charge in [0.25, 0.3) is 0 Å². The molecule has 10 heteroatoms. The first-order chi connectivity index (χ1) is 13.0. The van der Waals surface area contributed by atoms with Crippen LogP contribution in [0.25, 0.3) is 0 Å². The molecule has 0 saturated heterocycles. The highest BCUT2D eigenvalue weighted by Gasteiger charge is 2.36. The van der Waals surface area contributed by atoms with E-state index >= 15 is 0 Å². The molecule has 2 nitrogen and oxygen atoms in total. The summed E-state index contributed by atoms with van der Waals surface area (Å²) in [6, 6.07) is 9.93. The molecule has 2 aromatic rings. The van der Waals surface area contributed by atoms with Crippen LogP contribution in [0.5, 0.6) is 0 Å². The molecular weight excluding hydrogens is 409 g/mol. The summed E-state index contributed by atoms with van der Waals surface area (Å²) < 4.78 is 91.0. The zero-order valence-electron chi connectivity index (χ0n) is 14.5. The van der Waals surface area contributed by atoms with Crippen molar-refractivity contribution in [2.45, 2.75) is 30.7 Å². The average Bonchev–Trinajstić information content (AvgIpc) is 2.58. The van der Waals surface area contributed by atoms with Crippen LogP contribution in [0.2, 0.25) is 0 Å². The van der Waals surface area contributed by atoms with Gasteiger partial charge in [-0.3, -0.25) is 0 Å². The van der Waals surface area contributed by atoms with Gasteiger partial charge in [0.1, 0.15) is 11.5 Å². The van der Waals surface area contributed by atoms with Crippen LogP contribution in [0.1, 0.15) is 11.1 Å². The third kappa shape index (κ3) is 6.74. The fraction of sp³-hybridized carbons (Fsp3) is 0.278. The Labute approximate surface area is 160 Å². The molecule has 0 amide bonds. The van der Waals surface area contributed by atoms with Crippen LogP contribution in [0, 0.1) is 12.7 Å². The van der Waals surface area contributed by atoms with Crippen molar-refractivity contribution in [1.29, 1.82) is 0 Å². The summed E-state index contributed by atoms with van der Waals surface area (Å²) in [5.74, 6) is -3.75. The van der Waals surface area contributed by atoms with Gasteiger partial charge in [-0.25, -0.2) is 9.38 Å². The van der Waals surface area contributed by atoms with Gasteiger partial charge in [-0.15, -0.1) is 11.8 Å². The van der Waals surface area contributed by atoms with Crippen LogP contribution in [-0.4, -0.2) is 23.9 Å². The van der Waals surface area contributed by atoms with Gasteiger partial charge in [-0.2, -0.15) is 26.3 Å². The minimum atomic E-state index is -4.90. The van der Waals surface area contributed by atoms with Crippen LogP contribution in [-0.2, 0) is 6.54 Å². The van der Waals surface area contributed by atoms with Gasteiger partial charge in [0, 0.05) is 11.4 Å². The Balaban J connectivity index is 2.31. The number of rotatable bonds is 5. The lowest BCUT2D eigenvalue weighted by atomic mass is 10.2. The Kier molecular flexibility index (Phi) is 6.97. The van der Waals surface area contributed by atoms with E-state index in [4.69, 9.17) is 0 Å². The van der Waals surface area contributed by atoms with Crippen LogP contribution in [0.3, 0.4) is 0 Å². The van der Waals surface area contributed by atoms with E-state index in [0.29, 0.717) is 17.3 Å². The van der Waals surface area contributed by atoms with Crippen molar-refractivity contribution in [2.75, 3.05) is 5.75 Å². The monoisotopic (exact) mass is 424 g/mol. The maximum Gasteiger partial charge on any atom is 0.449 e. The molecule has 152 valence electrons. The predicted octanol–water partition coefficient (Wildman–Crippen LogP) is 6.17. The molecule has 0 aromatic heterocycles. The molecule has 0 fully saturated rings. The second-order valence-electron chi connectivity index (χ2n) is 5.77. The number of hydrogen-bond acceptors (Lipinski definition) is 2. The molecule has 0 bridgehead atoms. The average molecular weight is 424 g/mol. The van der Waals surface area contributed by atoms with Gasteiger partial charge in [0.2, 0.25) is 5.84 Å². The Hall–Kier alpha value is -2.23. The SMILES string of the molecule is Cc1cc(F)c(/N=C(/NCc2ccccc2)C(F)(F)F)cc1SCC(F)(F)F. The molecule has 0 aliphatic heterocycles. The normalized spacial score (nSPS) is 12.9. The molecule has 1 N–H and O–H groups in total. The van der Waals surface area contributed by atoms with Gasteiger partial charge in [0.15, 0.2) is 0 Å². The van der Waals surface area contributed by atoms with E-state index in [2.05, 4.69) is 10.3 Å². The van der Waals surface area contributed by atoms with Crippen molar-refractivity contribution >= 4 is 23.3 Å². The molecule has 0 spiro atoms. The van der Waals surface area contributed by atoms with Crippen molar-refractivity contribution in [3.05, 3.63) is 59.4 Å². The smallest absolute Gasteiger partial charge is 0.362 e. The van der Waals surface area contributed by atoms with E-state index in [9.17, 15) is 30.7 Å². The maximum absolute atomic E-state index is 14.1. The van der Waals surface area contributed by atoms with E-state index < -0.39 is 35.4 Å². The van der Waals surface area contributed by atoms with Crippen LogP contribution >= 0.6 is 11.8 Å². The van der Waals surface area contributed by atoms with E-state index in [1.807, 2.05) is 0 Å². The summed E-state index contributed by atoms with van der Waals surface area (Å²) in [6.45, 7) is 1.16. The molecule has 2 rings (SSSR count). The number of nitrogens with one attached hydrogen (secondary N) is 1. The molecular formula is C18H15F7N2S. The standard InChI is InChI=1S/C18H15F7N2S/c1-11-7-13(19)14(8-15(11)28-10-17(20,21)22)27-16(18(23,24)25)26-9-12-5-3-2-4-6-12/h2-8H,9-10H2,1H3,(H,26,27). The summed E-state index contributed by atoms with van der Waals surface area (Å²) in [7, 11) is 0. The van der Waals surface area contributed by atoms with Crippen LogP contribution in [0.15, 0.2) is 52.4 Å². The van der Waals surface area contributed by atoms with Gasteiger partial charge in [0.05, 0.1) is 5.75 Å². The molecule has 28 heavy (non-hydrogen) atoms. The lowest BCUT2D eigenvalue weighted by Gasteiger charge is -2.14. The number of amidine groups is 1. The Morgan fingerprint density at radius 3 is 2.25 bits per heavy atom. The second kappa shape index (κ2) is 8.85. The van der Waals surface area contributed by atoms with Crippen molar-refractivity contribution < 1.29 is 30.7 Å². The first-order valence-corrected chi connectivity index (χ1v) is 8.87. The number of aliphatic imine (C=N–C) groups is 1. The Bertz CT molecular complexity index is 830. The number of benzene rings is 2. The van der Waals surface area contributed by atoms with Crippen molar-refractivity contribution in [3.63, 3.8) is 0 Å². The largest absolute Gasteiger partial charge is 0.449 e. The molecule has 0 aliphatic carbocycles. The number of aryl methyl sites for hydroxylation is 1. The number of halogens is 7. The van der Waals surface area contributed by atoms with E-state index in [-0.39, 0.29) is 17.0 Å². The molecule has 0 radical (unpaired) electrons.